The van der Waals surface area contributed by atoms with Gasteiger partial charge in [0.05, 0.1) is 0 Å². The number of benzene rings is 1. The molecule has 1 aliphatic carbocycles. The molecule has 2 aromatic rings. The van der Waals surface area contributed by atoms with Crippen molar-refractivity contribution in [2.75, 3.05) is 6.61 Å². The molecule has 1 aromatic heterocycles. The summed E-state index contributed by atoms with van der Waals surface area (Å²) in [7, 11) is 0. The van der Waals surface area contributed by atoms with Crippen LogP contribution in [-0.2, 0) is 0 Å². The monoisotopic (exact) mass is 314 g/mol. The summed E-state index contributed by atoms with van der Waals surface area (Å²) in [5.74, 6) is 0.779. The van der Waals surface area contributed by atoms with Crippen LogP contribution >= 0.6 is 0 Å². The number of rotatable bonds is 4. The van der Waals surface area contributed by atoms with Crippen LogP contribution in [0.5, 0.6) is 0 Å². The highest BCUT2D eigenvalue weighted by molar-refractivity contribution is 6.00. The van der Waals surface area contributed by atoms with Crippen molar-refractivity contribution in [1.29, 1.82) is 0 Å². The van der Waals surface area contributed by atoms with Gasteiger partial charge in [0.2, 0.25) is 0 Å². The van der Waals surface area contributed by atoms with E-state index >= 15 is 0 Å². The lowest BCUT2D eigenvalue weighted by Crippen LogP contribution is -2.38. The molecule has 0 saturated heterocycles. The van der Waals surface area contributed by atoms with Gasteiger partial charge in [-0.1, -0.05) is 35.5 Å². The van der Waals surface area contributed by atoms with Crippen LogP contribution in [0.15, 0.2) is 34.9 Å². The molecule has 1 aromatic carbocycles. The van der Waals surface area contributed by atoms with Crippen LogP contribution in [0.1, 0.15) is 41.8 Å². The van der Waals surface area contributed by atoms with E-state index in [1.54, 1.807) is 6.92 Å². The summed E-state index contributed by atoms with van der Waals surface area (Å²) in [6, 6.07) is 9.74. The molecule has 122 valence electrons. The first-order valence-electron chi connectivity index (χ1n) is 8.12. The third kappa shape index (κ3) is 3.45. The average molecular weight is 314 g/mol. The van der Waals surface area contributed by atoms with E-state index in [-0.39, 0.29) is 18.6 Å². The van der Waals surface area contributed by atoms with E-state index < -0.39 is 0 Å². The maximum absolute atomic E-state index is 12.7. The van der Waals surface area contributed by atoms with E-state index in [9.17, 15) is 9.90 Å². The molecular formula is C18H22N2O3. The Morgan fingerprint density at radius 3 is 2.61 bits per heavy atom. The molecule has 5 nitrogen and oxygen atoms in total. The molecule has 0 atom stereocenters. The minimum atomic E-state index is -0.130. The molecule has 0 bridgehead atoms. The van der Waals surface area contributed by atoms with E-state index in [1.807, 2.05) is 30.3 Å². The highest BCUT2D eigenvalue weighted by Gasteiger charge is 2.26. The molecule has 1 heterocycles. The molecule has 0 spiro atoms. The van der Waals surface area contributed by atoms with Gasteiger partial charge in [0, 0.05) is 18.2 Å². The van der Waals surface area contributed by atoms with Crippen LogP contribution in [0.3, 0.4) is 0 Å². The summed E-state index contributed by atoms with van der Waals surface area (Å²) in [5, 5.41) is 16.4. The third-order valence-electron chi connectivity index (χ3n) is 4.58. The highest BCUT2D eigenvalue weighted by Crippen LogP contribution is 2.27. The first kappa shape index (κ1) is 15.7. The Labute approximate surface area is 135 Å². The molecule has 0 radical (unpaired) electrons. The van der Waals surface area contributed by atoms with Gasteiger partial charge in [-0.05, 0) is 38.5 Å². The van der Waals surface area contributed by atoms with Gasteiger partial charge in [-0.3, -0.25) is 4.79 Å². The van der Waals surface area contributed by atoms with Crippen molar-refractivity contribution in [1.82, 2.24) is 10.5 Å². The van der Waals surface area contributed by atoms with Crippen molar-refractivity contribution in [2.24, 2.45) is 5.92 Å². The smallest absolute Gasteiger partial charge is 0.257 e. The standard InChI is InChI=1S/C18H22N2O3/c1-12-16(17(20-23-12)14-5-3-2-4-6-14)18(22)19-15-9-7-13(11-21)8-10-15/h2-6,13,15,21H,7-11H2,1H3,(H,19,22). The maximum atomic E-state index is 12.7. The average Bonchev–Trinajstić information content (AvgIpc) is 2.98. The lowest BCUT2D eigenvalue weighted by molar-refractivity contribution is 0.0913. The van der Waals surface area contributed by atoms with E-state index in [0.29, 0.717) is 22.9 Å². The molecule has 1 fully saturated rings. The molecular weight excluding hydrogens is 292 g/mol. The number of carbonyl (C=O) groups excluding carboxylic acids is 1. The number of aliphatic hydroxyl groups is 1. The topological polar surface area (TPSA) is 75.4 Å². The van der Waals surface area contributed by atoms with Crippen LogP contribution in [0.2, 0.25) is 0 Å². The second-order valence-electron chi connectivity index (χ2n) is 6.20. The fourth-order valence-corrected chi connectivity index (χ4v) is 3.18. The predicted octanol–water partition coefficient (Wildman–Crippen LogP) is 2.93. The highest BCUT2D eigenvalue weighted by atomic mass is 16.5. The first-order chi connectivity index (χ1) is 11.2. The summed E-state index contributed by atoms with van der Waals surface area (Å²) in [4.78, 5) is 12.7. The van der Waals surface area contributed by atoms with Gasteiger partial charge in [-0.15, -0.1) is 0 Å². The maximum Gasteiger partial charge on any atom is 0.257 e. The predicted molar refractivity (Wildman–Crippen MR) is 87.0 cm³/mol. The Balaban J connectivity index is 1.74. The molecule has 2 N–H and O–H groups in total. The number of hydrogen-bond acceptors (Lipinski definition) is 4. The Morgan fingerprint density at radius 1 is 1.26 bits per heavy atom. The Bertz CT molecular complexity index is 658. The van der Waals surface area contributed by atoms with Gasteiger partial charge in [-0.2, -0.15) is 0 Å². The number of hydrogen-bond donors (Lipinski definition) is 2. The molecule has 0 unspecified atom stereocenters. The summed E-state index contributed by atoms with van der Waals surface area (Å²) in [6.07, 6.45) is 3.72. The lowest BCUT2D eigenvalue weighted by Gasteiger charge is -2.27. The fraction of sp³-hybridized carbons (Fsp3) is 0.444. The second kappa shape index (κ2) is 6.96. The zero-order valence-electron chi connectivity index (χ0n) is 13.3. The van der Waals surface area contributed by atoms with Crippen molar-refractivity contribution < 1.29 is 14.4 Å². The Morgan fingerprint density at radius 2 is 1.96 bits per heavy atom. The molecule has 1 aliphatic rings. The number of aromatic nitrogens is 1. The van der Waals surface area contributed by atoms with Crippen LogP contribution in [0.4, 0.5) is 0 Å². The van der Waals surface area contributed by atoms with Gasteiger partial charge in [0.25, 0.3) is 5.91 Å². The van der Waals surface area contributed by atoms with Crippen molar-refractivity contribution in [3.05, 3.63) is 41.7 Å². The van der Waals surface area contributed by atoms with Crippen LogP contribution in [-0.4, -0.2) is 28.8 Å². The van der Waals surface area contributed by atoms with Gasteiger partial charge >= 0.3 is 0 Å². The van der Waals surface area contributed by atoms with Crippen LogP contribution < -0.4 is 5.32 Å². The van der Waals surface area contributed by atoms with Crippen LogP contribution in [0.25, 0.3) is 11.3 Å². The molecule has 1 amide bonds. The van der Waals surface area contributed by atoms with Crippen molar-refractivity contribution >= 4 is 5.91 Å². The second-order valence-corrected chi connectivity index (χ2v) is 6.20. The number of nitrogens with zero attached hydrogens (tertiary/aromatic N) is 1. The summed E-state index contributed by atoms with van der Waals surface area (Å²) in [6.45, 7) is 2.00. The van der Waals surface area contributed by atoms with E-state index in [0.717, 1.165) is 31.2 Å². The van der Waals surface area contributed by atoms with E-state index in [2.05, 4.69) is 10.5 Å². The fourth-order valence-electron chi connectivity index (χ4n) is 3.18. The normalized spacial score (nSPS) is 21.1. The minimum absolute atomic E-state index is 0.130. The van der Waals surface area contributed by atoms with E-state index in [1.165, 1.54) is 0 Å². The van der Waals surface area contributed by atoms with Gasteiger partial charge in [0.1, 0.15) is 17.0 Å². The van der Waals surface area contributed by atoms with Crippen LogP contribution in [0, 0.1) is 12.8 Å². The Kier molecular flexibility index (Phi) is 4.76. The number of nitrogens with one attached hydrogen (secondary N) is 1. The largest absolute Gasteiger partial charge is 0.396 e. The first-order valence-corrected chi connectivity index (χ1v) is 8.12. The van der Waals surface area contributed by atoms with Gasteiger partial charge in [-0.25, -0.2) is 0 Å². The van der Waals surface area contributed by atoms with Crippen molar-refractivity contribution in [3.8, 4) is 11.3 Å². The SMILES string of the molecule is Cc1onc(-c2ccccc2)c1C(=O)NC1CCC(CO)CC1. The third-order valence-corrected chi connectivity index (χ3v) is 4.58. The quantitative estimate of drug-likeness (QED) is 0.910. The summed E-state index contributed by atoms with van der Waals surface area (Å²) < 4.78 is 5.25. The zero-order chi connectivity index (χ0) is 16.2. The summed E-state index contributed by atoms with van der Waals surface area (Å²) >= 11 is 0. The zero-order valence-corrected chi connectivity index (χ0v) is 13.3. The molecule has 0 aliphatic heterocycles. The molecule has 3 rings (SSSR count). The number of amides is 1. The van der Waals surface area contributed by atoms with Gasteiger partial charge in [0.15, 0.2) is 0 Å². The molecule has 5 heteroatoms. The van der Waals surface area contributed by atoms with Crippen molar-refractivity contribution in [3.63, 3.8) is 0 Å². The molecule has 23 heavy (non-hydrogen) atoms. The van der Waals surface area contributed by atoms with Crippen molar-refractivity contribution in [2.45, 2.75) is 38.6 Å². The molecule has 1 saturated carbocycles. The number of aryl methyl sites for hydroxylation is 1. The Hall–Kier alpha value is -2.14. The minimum Gasteiger partial charge on any atom is -0.396 e. The summed E-state index contributed by atoms with van der Waals surface area (Å²) in [5.41, 5.74) is 1.98. The number of aliphatic hydroxyl groups excluding tert-OH is 1. The lowest BCUT2D eigenvalue weighted by atomic mass is 9.86. The van der Waals surface area contributed by atoms with E-state index in [4.69, 9.17) is 4.52 Å². The number of carbonyl (C=O) groups is 1. The van der Waals surface area contributed by atoms with Gasteiger partial charge < -0.3 is 14.9 Å².